The smallest absolute Gasteiger partial charge is 0.406 e. The lowest BCUT2D eigenvalue weighted by Crippen LogP contribution is -1.97. The number of pyridine rings is 1. The monoisotopic (exact) mass is 342 g/mol. The Morgan fingerprint density at radius 2 is 2.10 bits per heavy atom. The molecule has 0 saturated carbocycles. The summed E-state index contributed by atoms with van der Waals surface area (Å²) in [6.45, 7) is 0. The topological polar surface area (TPSA) is 74.5 Å². The second kappa shape index (κ2) is 5.83. The van der Waals surface area contributed by atoms with Gasteiger partial charge in [-0.1, -0.05) is 0 Å². The Balaban J connectivity index is 2.45. The molecule has 2 rings (SSSR count). The fourth-order valence-corrected chi connectivity index (χ4v) is 1.79. The standard InChI is InChI=1S/C12H8BrFN2O4/c1-19-10-5-7(13)8(14)6-11(10)20-9-3-2-4-15-12(9)16(17)18/h2-6H,1H3. The predicted molar refractivity (Wildman–Crippen MR) is 71.6 cm³/mol. The van der Waals surface area contributed by atoms with Gasteiger partial charge >= 0.3 is 5.82 Å². The Hall–Kier alpha value is -2.22. The number of aromatic nitrogens is 1. The number of nitro groups is 1. The number of ether oxygens (including phenoxy) is 2. The fourth-order valence-electron chi connectivity index (χ4n) is 1.47. The third-order valence-corrected chi connectivity index (χ3v) is 2.96. The van der Waals surface area contributed by atoms with Gasteiger partial charge in [0.25, 0.3) is 0 Å². The molecule has 1 aromatic heterocycles. The minimum atomic E-state index is -0.684. The van der Waals surface area contributed by atoms with Crippen molar-refractivity contribution in [3.8, 4) is 17.2 Å². The quantitative estimate of drug-likeness (QED) is 0.625. The van der Waals surface area contributed by atoms with Crippen molar-refractivity contribution in [3.63, 3.8) is 0 Å². The molecule has 0 aliphatic rings. The third-order valence-electron chi connectivity index (χ3n) is 2.35. The number of hydrogen-bond donors (Lipinski definition) is 0. The molecule has 0 aliphatic carbocycles. The molecular weight excluding hydrogens is 335 g/mol. The van der Waals surface area contributed by atoms with Crippen LogP contribution in [0.25, 0.3) is 0 Å². The molecule has 20 heavy (non-hydrogen) atoms. The van der Waals surface area contributed by atoms with Crippen molar-refractivity contribution >= 4 is 21.7 Å². The molecule has 1 heterocycles. The van der Waals surface area contributed by atoms with Gasteiger partial charge in [-0.05, 0) is 38.0 Å². The van der Waals surface area contributed by atoms with E-state index in [1.807, 2.05) is 0 Å². The van der Waals surface area contributed by atoms with E-state index in [1.165, 1.54) is 31.5 Å². The summed E-state index contributed by atoms with van der Waals surface area (Å²) in [5.41, 5.74) is 0. The molecule has 0 radical (unpaired) electrons. The van der Waals surface area contributed by atoms with Gasteiger partial charge in [0, 0.05) is 12.1 Å². The second-order valence-corrected chi connectivity index (χ2v) is 4.46. The van der Waals surface area contributed by atoms with Crippen LogP contribution in [0.2, 0.25) is 0 Å². The predicted octanol–water partition coefficient (Wildman–Crippen LogP) is 3.69. The zero-order valence-electron chi connectivity index (χ0n) is 10.2. The molecule has 0 unspecified atom stereocenters. The normalized spacial score (nSPS) is 10.2. The number of benzene rings is 1. The van der Waals surface area contributed by atoms with Crippen LogP contribution in [0.5, 0.6) is 17.2 Å². The Kier molecular flexibility index (Phi) is 4.14. The average Bonchev–Trinajstić information content (AvgIpc) is 2.43. The second-order valence-electron chi connectivity index (χ2n) is 3.60. The Bertz CT molecular complexity index is 666. The van der Waals surface area contributed by atoms with E-state index in [0.29, 0.717) is 0 Å². The number of halogens is 2. The lowest BCUT2D eigenvalue weighted by Gasteiger charge is -2.10. The van der Waals surface area contributed by atoms with Gasteiger partial charge in [0.2, 0.25) is 5.75 Å². The summed E-state index contributed by atoms with van der Waals surface area (Å²) in [6, 6.07) is 5.28. The van der Waals surface area contributed by atoms with Gasteiger partial charge in [0.15, 0.2) is 11.5 Å². The highest BCUT2D eigenvalue weighted by atomic mass is 79.9. The number of nitrogens with zero attached hydrogens (tertiary/aromatic N) is 2. The molecule has 0 fully saturated rings. The van der Waals surface area contributed by atoms with Crippen LogP contribution < -0.4 is 9.47 Å². The number of rotatable bonds is 4. The Morgan fingerprint density at radius 1 is 1.35 bits per heavy atom. The van der Waals surface area contributed by atoms with E-state index in [9.17, 15) is 14.5 Å². The van der Waals surface area contributed by atoms with E-state index in [4.69, 9.17) is 9.47 Å². The van der Waals surface area contributed by atoms with Crippen molar-refractivity contribution in [3.05, 3.63) is 50.9 Å². The van der Waals surface area contributed by atoms with E-state index in [2.05, 4.69) is 20.9 Å². The molecule has 1 aromatic carbocycles. The molecule has 2 aromatic rings. The van der Waals surface area contributed by atoms with Crippen LogP contribution in [0.1, 0.15) is 0 Å². The molecule has 0 atom stereocenters. The van der Waals surface area contributed by atoms with Crippen LogP contribution in [0, 0.1) is 15.9 Å². The van der Waals surface area contributed by atoms with Crippen molar-refractivity contribution in [1.29, 1.82) is 0 Å². The summed E-state index contributed by atoms with van der Waals surface area (Å²) >= 11 is 3.01. The zero-order chi connectivity index (χ0) is 14.7. The summed E-state index contributed by atoms with van der Waals surface area (Å²) in [4.78, 5) is 13.8. The molecule has 0 aliphatic heterocycles. The highest BCUT2D eigenvalue weighted by Gasteiger charge is 2.19. The molecule has 104 valence electrons. The van der Waals surface area contributed by atoms with E-state index in [-0.39, 0.29) is 21.7 Å². The molecular formula is C12H8BrFN2O4. The maximum atomic E-state index is 13.5. The lowest BCUT2D eigenvalue weighted by molar-refractivity contribution is -0.390. The van der Waals surface area contributed by atoms with Crippen LogP contribution in [-0.2, 0) is 0 Å². The first-order valence-electron chi connectivity index (χ1n) is 5.33. The van der Waals surface area contributed by atoms with Crippen LogP contribution in [0.15, 0.2) is 34.9 Å². The van der Waals surface area contributed by atoms with Crippen LogP contribution in [0.3, 0.4) is 0 Å². The first-order valence-corrected chi connectivity index (χ1v) is 6.12. The first kappa shape index (κ1) is 14.2. The highest BCUT2D eigenvalue weighted by molar-refractivity contribution is 9.10. The summed E-state index contributed by atoms with van der Waals surface area (Å²) in [6.07, 6.45) is 1.27. The van der Waals surface area contributed by atoms with Gasteiger partial charge in [-0.2, -0.15) is 0 Å². The Morgan fingerprint density at radius 3 is 2.75 bits per heavy atom. The third kappa shape index (κ3) is 2.85. The summed E-state index contributed by atoms with van der Waals surface area (Å²) < 4.78 is 24.1. The maximum absolute atomic E-state index is 13.5. The molecule has 0 bridgehead atoms. The molecule has 0 saturated heterocycles. The van der Waals surface area contributed by atoms with Crippen molar-refractivity contribution < 1.29 is 18.8 Å². The van der Waals surface area contributed by atoms with Crippen LogP contribution in [-0.4, -0.2) is 17.0 Å². The van der Waals surface area contributed by atoms with Crippen molar-refractivity contribution in [1.82, 2.24) is 4.98 Å². The van der Waals surface area contributed by atoms with Crippen molar-refractivity contribution in [2.24, 2.45) is 0 Å². The van der Waals surface area contributed by atoms with Gasteiger partial charge in [0.05, 0.1) is 11.6 Å². The van der Waals surface area contributed by atoms with Gasteiger partial charge in [-0.25, -0.2) is 4.39 Å². The maximum Gasteiger partial charge on any atom is 0.406 e. The van der Waals surface area contributed by atoms with Gasteiger partial charge < -0.3 is 19.6 Å². The van der Waals surface area contributed by atoms with Gasteiger partial charge in [-0.3, -0.25) is 0 Å². The highest BCUT2D eigenvalue weighted by Crippen LogP contribution is 2.37. The van der Waals surface area contributed by atoms with Crippen molar-refractivity contribution in [2.45, 2.75) is 0 Å². The average molecular weight is 343 g/mol. The van der Waals surface area contributed by atoms with E-state index in [0.717, 1.165) is 6.07 Å². The zero-order valence-corrected chi connectivity index (χ0v) is 11.8. The number of hydrogen-bond acceptors (Lipinski definition) is 5. The minimum Gasteiger partial charge on any atom is -0.493 e. The van der Waals surface area contributed by atoms with Crippen LogP contribution in [0.4, 0.5) is 10.2 Å². The van der Waals surface area contributed by atoms with Gasteiger partial charge in [0.1, 0.15) is 12.0 Å². The van der Waals surface area contributed by atoms with E-state index >= 15 is 0 Å². The molecule has 8 heteroatoms. The first-order chi connectivity index (χ1) is 9.52. The SMILES string of the molecule is COc1cc(Br)c(F)cc1Oc1cccnc1[N+](=O)[O-]. The summed E-state index contributed by atoms with van der Waals surface area (Å²) in [5, 5.41) is 10.8. The molecule has 0 spiro atoms. The fraction of sp³-hybridized carbons (Fsp3) is 0.0833. The number of methoxy groups -OCH3 is 1. The van der Waals surface area contributed by atoms with E-state index < -0.39 is 16.6 Å². The van der Waals surface area contributed by atoms with Crippen LogP contribution >= 0.6 is 15.9 Å². The molecule has 6 nitrogen and oxygen atoms in total. The van der Waals surface area contributed by atoms with E-state index in [1.54, 1.807) is 0 Å². The Labute approximate surface area is 121 Å². The van der Waals surface area contributed by atoms with Crippen molar-refractivity contribution in [2.75, 3.05) is 7.11 Å². The lowest BCUT2D eigenvalue weighted by atomic mass is 10.3. The minimum absolute atomic E-state index is 0.0179. The molecule has 0 amide bonds. The molecule has 0 N–H and O–H groups in total. The summed E-state index contributed by atoms with van der Waals surface area (Å²) in [7, 11) is 1.38. The largest absolute Gasteiger partial charge is 0.493 e. The summed E-state index contributed by atoms with van der Waals surface area (Å²) in [5.74, 6) is -0.886. The van der Waals surface area contributed by atoms with Gasteiger partial charge in [-0.15, -0.1) is 0 Å².